The number of aromatic amines is 1. The zero-order chi connectivity index (χ0) is 18.5. The normalized spacial score (nSPS) is 15.9. The van der Waals surface area contributed by atoms with Gasteiger partial charge in [0.05, 0.1) is 0 Å². The number of hydrogen-bond donors (Lipinski definition) is 3. The molecule has 140 valence electrons. The summed E-state index contributed by atoms with van der Waals surface area (Å²) in [5.41, 5.74) is 3.09. The molecule has 1 saturated heterocycles. The summed E-state index contributed by atoms with van der Waals surface area (Å²) in [6.07, 6.45) is 4.46. The maximum Gasteiger partial charge on any atom is 0.315 e. The minimum atomic E-state index is -0.248. The predicted octanol–water partition coefficient (Wildman–Crippen LogP) is 3.19. The zero-order valence-electron chi connectivity index (χ0n) is 15.3. The van der Waals surface area contributed by atoms with E-state index in [0.717, 1.165) is 48.9 Å². The number of nitrogens with zero attached hydrogens (tertiary/aromatic N) is 1. The Morgan fingerprint density at radius 3 is 2.88 bits per heavy atom. The van der Waals surface area contributed by atoms with Crippen molar-refractivity contribution in [2.45, 2.75) is 32.2 Å². The number of fused-ring (bicyclic) bond motifs is 1. The van der Waals surface area contributed by atoms with Gasteiger partial charge in [-0.3, -0.25) is 4.90 Å². The van der Waals surface area contributed by atoms with Crippen LogP contribution in [0, 0.1) is 5.82 Å². The molecule has 1 aliphatic heterocycles. The van der Waals surface area contributed by atoms with Crippen molar-refractivity contribution in [3.05, 3.63) is 47.9 Å². The summed E-state index contributed by atoms with van der Waals surface area (Å²) in [6.45, 7) is 9.41. The number of piperidine rings is 1. The van der Waals surface area contributed by atoms with E-state index in [-0.39, 0.29) is 17.9 Å². The van der Waals surface area contributed by atoms with Crippen LogP contribution in [0.1, 0.15) is 25.3 Å². The van der Waals surface area contributed by atoms with Crippen LogP contribution in [0.15, 0.2) is 36.5 Å². The molecular formula is C20H27FN4O. The minimum Gasteiger partial charge on any atom is -0.361 e. The average molecular weight is 358 g/mol. The lowest BCUT2D eigenvalue weighted by molar-refractivity contribution is 0.202. The number of halogens is 1. The highest BCUT2D eigenvalue weighted by Gasteiger charge is 2.20. The number of carbonyl (C=O) groups is 1. The smallest absolute Gasteiger partial charge is 0.315 e. The Bertz CT molecular complexity index is 777. The summed E-state index contributed by atoms with van der Waals surface area (Å²) in [5, 5.41) is 6.83. The van der Waals surface area contributed by atoms with E-state index < -0.39 is 0 Å². The number of rotatable bonds is 6. The first-order chi connectivity index (χ1) is 12.5. The van der Waals surface area contributed by atoms with E-state index >= 15 is 0 Å². The third kappa shape index (κ3) is 4.85. The van der Waals surface area contributed by atoms with E-state index in [1.807, 2.05) is 13.1 Å². The SMILES string of the molecule is C=C(C)CN1CCC(NC(=O)NCCc2c[nH]c3ccc(F)cc23)CC1. The maximum atomic E-state index is 13.4. The molecule has 0 saturated carbocycles. The number of urea groups is 1. The molecule has 2 heterocycles. The van der Waals surface area contributed by atoms with Crippen LogP contribution in [0.2, 0.25) is 0 Å². The number of H-pyrrole nitrogens is 1. The van der Waals surface area contributed by atoms with Crippen molar-refractivity contribution >= 4 is 16.9 Å². The largest absolute Gasteiger partial charge is 0.361 e. The van der Waals surface area contributed by atoms with Gasteiger partial charge in [-0.25, -0.2) is 9.18 Å². The fourth-order valence-electron chi connectivity index (χ4n) is 3.52. The van der Waals surface area contributed by atoms with Crippen molar-refractivity contribution in [3.8, 4) is 0 Å². The summed E-state index contributed by atoms with van der Waals surface area (Å²) in [6, 6.07) is 4.79. The van der Waals surface area contributed by atoms with Gasteiger partial charge in [-0.15, -0.1) is 0 Å². The van der Waals surface area contributed by atoms with E-state index in [9.17, 15) is 9.18 Å². The van der Waals surface area contributed by atoms with Gasteiger partial charge in [0.2, 0.25) is 0 Å². The van der Waals surface area contributed by atoms with Crippen LogP contribution >= 0.6 is 0 Å². The molecule has 0 aliphatic carbocycles. The zero-order valence-corrected chi connectivity index (χ0v) is 15.3. The van der Waals surface area contributed by atoms with Gasteiger partial charge in [0.15, 0.2) is 0 Å². The highest BCUT2D eigenvalue weighted by atomic mass is 19.1. The first-order valence-electron chi connectivity index (χ1n) is 9.18. The Labute approximate surface area is 153 Å². The lowest BCUT2D eigenvalue weighted by Gasteiger charge is -2.32. The molecule has 1 fully saturated rings. The Morgan fingerprint density at radius 2 is 2.15 bits per heavy atom. The third-order valence-electron chi connectivity index (χ3n) is 4.83. The molecule has 1 aromatic carbocycles. The highest BCUT2D eigenvalue weighted by molar-refractivity contribution is 5.83. The lowest BCUT2D eigenvalue weighted by Crippen LogP contribution is -2.48. The lowest BCUT2D eigenvalue weighted by atomic mass is 10.0. The topological polar surface area (TPSA) is 60.2 Å². The number of amides is 2. The molecule has 6 heteroatoms. The quantitative estimate of drug-likeness (QED) is 0.695. The Balaban J connectivity index is 1.40. The first-order valence-corrected chi connectivity index (χ1v) is 9.18. The van der Waals surface area contributed by atoms with Gasteiger partial charge in [-0.05, 0) is 49.9 Å². The molecular weight excluding hydrogens is 331 g/mol. The summed E-state index contributed by atoms with van der Waals surface area (Å²) in [4.78, 5) is 17.6. The number of nitrogens with one attached hydrogen (secondary N) is 3. The van der Waals surface area contributed by atoms with Gasteiger partial charge in [0.25, 0.3) is 0 Å². The van der Waals surface area contributed by atoms with Crippen molar-refractivity contribution in [1.29, 1.82) is 0 Å². The molecule has 3 rings (SSSR count). The van der Waals surface area contributed by atoms with E-state index in [1.54, 1.807) is 6.07 Å². The Hall–Kier alpha value is -2.34. The number of aromatic nitrogens is 1. The van der Waals surface area contributed by atoms with Gasteiger partial charge >= 0.3 is 6.03 Å². The molecule has 0 bridgehead atoms. The molecule has 1 aliphatic rings. The van der Waals surface area contributed by atoms with Gasteiger partial charge in [-0.1, -0.05) is 12.2 Å². The molecule has 0 atom stereocenters. The second kappa shape index (κ2) is 8.36. The van der Waals surface area contributed by atoms with Crippen LogP contribution in [-0.4, -0.2) is 48.1 Å². The fraction of sp³-hybridized carbons (Fsp3) is 0.450. The molecule has 5 nitrogen and oxygen atoms in total. The summed E-state index contributed by atoms with van der Waals surface area (Å²) in [7, 11) is 0. The monoisotopic (exact) mass is 358 g/mol. The van der Waals surface area contributed by atoms with Crippen LogP contribution in [0.4, 0.5) is 9.18 Å². The van der Waals surface area contributed by atoms with Crippen LogP contribution in [0.5, 0.6) is 0 Å². The van der Waals surface area contributed by atoms with E-state index in [2.05, 4.69) is 27.1 Å². The van der Waals surface area contributed by atoms with E-state index in [4.69, 9.17) is 0 Å². The van der Waals surface area contributed by atoms with Crippen molar-refractivity contribution < 1.29 is 9.18 Å². The van der Waals surface area contributed by atoms with Crippen molar-refractivity contribution in [2.75, 3.05) is 26.2 Å². The summed E-state index contributed by atoms with van der Waals surface area (Å²) < 4.78 is 13.4. The predicted molar refractivity (Wildman–Crippen MR) is 103 cm³/mol. The first kappa shape index (κ1) is 18.5. The molecule has 0 spiro atoms. The van der Waals surface area contributed by atoms with Gasteiger partial charge in [-0.2, -0.15) is 0 Å². The summed E-state index contributed by atoms with van der Waals surface area (Å²) >= 11 is 0. The average Bonchev–Trinajstić information content (AvgIpc) is 2.98. The minimum absolute atomic E-state index is 0.130. The molecule has 0 radical (unpaired) electrons. The third-order valence-corrected chi connectivity index (χ3v) is 4.83. The number of benzene rings is 1. The van der Waals surface area contributed by atoms with Crippen molar-refractivity contribution in [3.63, 3.8) is 0 Å². The Morgan fingerprint density at radius 1 is 1.38 bits per heavy atom. The summed E-state index contributed by atoms with van der Waals surface area (Å²) in [5.74, 6) is -0.248. The molecule has 2 amide bonds. The van der Waals surface area contributed by atoms with E-state index in [0.29, 0.717) is 13.0 Å². The number of likely N-dealkylation sites (tertiary alicyclic amines) is 1. The van der Waals surface area contributed by atoms with Gasteiger partial charge in [0.1, 0.15) is 5.82 Å². The van der Waals surface area contributed by atoms with Crippen molar-refractivity contribution in [2.24, 2.45) is 0 Å². The highest BCUT2D eigenvalue weighted by Crippen LogP contribution is 2.19. The molecule has 3 N–H and O–H groups in total. The maximum absolute atomic E-state index is 13.4. The molecule has 2 aromatic rings. The molecule has 26 heavy (non-hydrogen) atoms. The van der Waals surface area contributed by atoms with Gasteiger partial charge < -0.3 is 15.6 Å². The standard InChI is InChI=1S/C20H27FN4O/c1-14(2)13-25-9-6-17(7-10-25)24-20(26)22-8-5-15-12-23-19-4-3-16(21)11-18(15)19/h3-4,11-12,17,23H,1,5-10,13H2,2H3,(H2,22,24,26). The van der Waals surface area contributed by atoms with Crippen LogP contribution in [0.25, 0.3) is 10.9 Å². The second-order valence-corrected chi connectivity index (χ2v) is 7.16. The molecule has 1 aromatic heterocycles. The van der Waals surface area contributed by atoms with Crippen LogP contribution in [0.3, 0.4) is 0 Å². The Kier molecular flexibility index (Phi) is 5.93. The number of hydrogen-bond acceptors (Lipinski definition) is 2. The fourth-order valence-corrected chi connectivity index (χ4v) is 3.52. The second-order valence-electron chi connectivity index (χ2n) is 7.16. The molecule has 0 unspecified atom stereocenters. The van der Waals surface area contributed by atoms with Gasteiger partial charge in [0, 0.05) is 49.3 Å². The van der Waals surface area contributed by atoms with Crippen LogP contribution < -0.4 is 10.6 Å². The number of carbonyl (C=O) groups excluding carboxylic acids is 1. The van der Waals surface area contributed by atoms with E-state index in [1.165, 1.54) is 17.7 Å². The van der Waals surface area contributed by atoms with Crippen LogP contribution in [-0.2, 0) is 6.42 Å². The van der Waals surface area contributed by atoms with Crippen molar-refractivity contribution in [1.82, 2.24) is 20.5 Å².